The Morgan fingerprint density at radius 1 is 1.30 bits per heavy atom. The zero-order valence-corrected chi connectivity index (χ0v) is 13.6. The molecule has 1 aromatic heterocycles. The van der Waals surface area contributed by atoms with E-state index < -0.39 is 18.0 Å². The fourth-order valence-corrected chi connectivity index (χ4v) is 3.89. The first-order chi connectivity index (χ1) is 10.8. The average molecular weight is 360 g/mol. The number of halogens is 4. The molecule has 0 bridgehead atoms. The summed E-state index contributed by atoms with van der Waals surface area (Å²) in [5.41, 5.74) is -0.0241. The van der Waals surface area contributed by atoms with E-state index in [9.17, 15) is 17.6 Å². The van der Waals surface area contributed by atoms with E-state index in [1.807, 2.05) is 6.07 Å². The summed E-state index contributed by atoms with van der Waals surface area (Å²) in [6.45, 7) is 1.75. The van der Waals surface area contributed by atoms with Gasteiger partial charge in [-0.15, -0.1) is 11.3 Å². The van der Waals surface area contributed by atoms with Crippen molar-refractivity contribution in [2.45, 2.75) is 24.0 Å². The number of benzene rings is 1. The normalized spacial score (nSPS) is 13.1. The molecule has 1 unspecified atom stereocenters. The first-order valence-corrected chi connectivity index (χ1v) is 8.26. The molecule has 1 atom stereocenters. The Morgan fingerprint density at radius 2 is 1.96 bits per heavy atom. The Balaban J connectivity index is 2.32. The molecule has 23 heavy (non-hydrogen) atoms. The molecular formula is C15H12F4N2S2. The molecule has 0 saturated heterocycles. The van der Waals surface area contributed by atoms with Crippen LogP contribution in [0.15, 0.2) is 40.6 Å². The van der Waals surface area contributed by atoms with Gasteiger partial charge in [0.15, 0.2) is 0 Å². The topological polar surface area (TPSA) is 27.0 Å². The maximum Gasteiger partial charge on any atom is 0.408 e. The van der Waals surface area contributed by atoms with Gasteiger partial charge < -0.3 is 0 Å². The minimum Gasteiger partial charge on any atom is -0.230 e. The van der Waals surface area contributed by atoms with Gasteiger partial charge in [0.25, 0.3) is 0 Å². The molecule has 2 nitrogen and oxygen atoms in total. The molecule has 0 aliphatic carbocycles. The molecule has 0 fully saturated rings. The van der Waals surface area contributed by atoms with Crippen LogP contribution >= 0.6 is 23.3 Å². The Morgan fingerprint density at radius 3 is 2.43 bits per heavy atom. The van der Waals surface area contributed by atoms with Gasteiger partial charge in [-0.05, 0) is 35.7 Å². The van der Waals surface area contributed by atoms with Gasteiger partial charge in [0.2, 0.25) is 0 Å². The highest BCUT2D eigenvalue weighted by Gasteiger charge is 2.44. The number of thiophene rings is 1. The highest BCUT2D eigenvalue weighted by Crippen LogP contribution is 2.43. The molecule has 8 heteroatoms. The van der Waals surface area contributed by atoms with Gasteiger partial charge in [0.1, 0.15) is 22.8 Å². The summed E-state index contributed by atoms with van der Waals surface area (Å²) in [6.07, 6.45) is -4.51. The molecular weight excluding hydrogens is 348 g/mol. The molecule has 1 heterocycles. The number of hydrogen-bond acceptors (Lipinski definition) is 4. The molecule has 0 spiro atoms. The summed E-state index contributed by atoms with van der Waals surface area (Å²) < 4.78 is 54.7. The second-order valence-electron chi connectivity index (χ2n) is 4.58. The average Bonchev–Trinajstić information content (AvgIpc) is 2.95. The lowest BCUT2D eigenvalue weighted by Gasteiger charge is -2.31. The van der Waals surface area contributed by atoms with Crippen molar-refractivity contribution in [3.63, 3.8) is 0 Å². The fourth-order valence-electron chi connectivity index (χ4n) is 2.02. The van der Waals surface area contributed by atoms with E-state index in [4.69, 9.17) is 5.26 Å². The lowest BCUT2D eigenvalue weighted by molar-refractivity contribution is -0.172. The molecule has 1 aromatic carbocycles. The molecule has 0 radical (unpaired) electrons. The van der Waals surface area contributed by atoms with Crippen LogP contribution < -0.4 is 0 Å². The number of hydrogen-bond donors (Lipinski definition) is 0. The third-order valence-corrected chi connectivity index (χ3v) is 5.14. The van der Waals surface area contributed by atoms with Gasteiger partial charge in [-0.2, -0.15) is 18.4 Å². The van der Waals surface area contributed by atoms with Gasteiger partial charge in [-0.1, -0.05) is 19.1 Å². The van der Waals surface area contributed by atoms with Crippen LogP contribution in [0.3, 0.4) is 0 Å². The van der Waals surface area contributed by atoms with Crippen LogP contribution in [0, 0.1) is 17.1 Å². The number of rotatable bonds is 5. The smallest absolute Gasteiger partial charge is 0.230 e. The van der Waals surface area contributed by atoms with Crippen LogP contribution in [0.1, 0.15) is 23.4 Å². The minimum absolute atomic E-state index is 0.0241. The van der Waals surface area contributed by atoms with E-state index in [2.05, 4.69) is 0 Å². The summed E-state index contributed by atoms with van der Waals surface area (Å²) >= 11 is 2.12. The van der Waals surface area contributed by atoms with E-state index in [1.54, 1.807) is 18.4 Å². The predicted octanol–water partition coefficient (Wildman–Crippen LogP) is 5.39. The predicted molar refractivity (Wildman–Crippen MR) is 82.5 cm³/mol. The molecule has 0 aliphatic heterocycles. The first-order valence-electron chi connectivity index (χ1n) is 6.60. The fraction of sp³-hybridized carbons (Fsp3) is 0.267. The van der Waals surface area contributed by atoms with Gasteiger partial charge in [0.05, 0.1) is 0 Å². The van der Waals surface area contributed by atoms with E-state index >= 15 is 0 Å². The van der Waals surface area contributed by atoms with Crippen molar-refractivity contribution in [1.82, 2.24) is 4.31 Å². The summed E-state index contributed by atoms with van der Waals surface area (Å²) in [7, 11) is 0. The molecule has 122 valence electrons. The third kappa shape index (κ3) is 4.47. The maximum absolute atomic E-state index is 13.5. The van der Waals surface area contributed by atoms with Crippen molar-refractivity contribution in [3.05, 3.63) is 52.0 Å². The Hall–Kier alpha value is -1.56. The SMILES string of the molecule is CCN(Sc1csc(C#N)c1)C(c1ccc(F)cc1)C(F)(F)F. The monoisotopic (exact) mass is 360 g/mol. The van der Waals surface area contributed by atoms with E-state index in [0.29, 0.717) is 9.77 Å². The Kier molecular flexibility index (Phi) is 5.68. The molecule has 0 saturated carbocycles. The highest BCUT2D eigenvalue weighted by molar-refractivity contribution is 7.97. The van der Waals surface area contributed by atoms with Gasteiger partial charge in [0, 0.05) is 16.8 Å². The van der Waals surface area contributed by atoms with Gasteiger partial charge in [-0.25, -0.2) is 8.70 Å². The quantitative estimate of drug-likeness (QED) is 0.528. The lowest BCUT2D eigenvalue weighted by Crippen LogP contribution is -2.34. The van der Waals surface area contributed by atoms with E-state index in [0.717, 1.165) is 36.2 Å². The molecule has 0 amide bonds. The van der Waals surface area contributed by atoms with Gasteiger partial charge in [-0.3, -0.25) is 0 Å². The largest absolute Gasteiger partial charge is 0.408 e. The van der Waals surface area contributed by atoms with Crippen molar-refractivity contribution >= 4 is 23.3 Å². The number of nitriles is 1. The van der Waals surface area contributed by atoms with Crippen LogP contribution in [0.5, 0.6) is 0 Å². The minimum atomic E-state index is -4.51. The van der Waals surface area contributed by atoms with Crippen molar-refractivity contribution < 1.29 is 17.6 Å². The maximum atomic E-state index is 13.5. The highest BCUT2D eigenvalue weighted by atomic mass is 32.2. The summed E-state index contributed by atoms with van der Waals surface area (Å²) in [5, 5.41) is 10.4. The molecule has 0 N–H and O–H groups in total. The van der Waals surface area contributed by atoms with Crippen LogP contribution in [0.2, 0.25) is 0 Å². The second-order valence-corrected chi connectivity index (χ2v) is 6.61. The second kappa shape index (κ2) is 7.34. The van der Waals surface area contributed by atoms with Crippen molar-refractivity contribution in [2.75, 3.05) is 6.54 Å². The Bertz CT molecular complexity index is 689. The first kappa shape index (κ1) is 17.8. The van der Waals surface area contributed by atoms with Crippen molar-refractivity contribution in [1.29, 1.82) is 5.26 Å². The molecule has 2 rings (SSSR count). The van der Waals surface area contributed by atoms with Gasteiger partial charge >= 0.3 is 6.18 Å². The third-order valence-electron chi connectivity index (χ3n) is 3.00. The van der Waals surface area contributed by atoms with Crippen molar-refractivity contribution in [2.24, 2.45) is 0 Å². The number of alkyl halides is 3. The van der Waals surface area contributed by atoms with Crippen LogP contribution in [-0.2, 0) is 0 Å². The Labute approximate surface area is 139 Å². The van der Waals surface area contributed by atoms with E-state index in [-0.39, 0.29) is 12.1 Å². The standard InChI is InChI=1S/C15H12F4N2S2/c1-2-21(23-13-7-12(8-20)22-9-13)14(15(17,18)19)10-3-5-11(16)6-4-10/h3-7,9,14H,2H2,1H3. The zero-order chi connectivity index (χ0) is 17.0. The summed E-state index contributed by atoms with van der Waals surface area (Å²) in [6, 6.07) is 5.98. The summed E-state index contributed by atoms with van der Waals surface area (Å²) in [5.74, 6) is -0.582. The molecule has 2 aromatic rings. The van der Waals surface area contributed by atoms with Crippen molar-refractivity contribution in [3.8, 4) is 6.07 Å². The zero-order valence-electron chi connectivity index (χ0n) is 12.0. The number of nitrogens with zero attached hydrogens (tertiary/aromatic N) is 2. The van der Waals surface area contributed by atoms with Crippen LogP contribution in [-0.4, -0.2) is 17.0 Å². The van der Waals surface area contributed by atoms with E-state index in [1.165, 1.54) is 15.6 Å². The summed E-state index contributed by atoms with van der Waals surface area (Å²) in [4.78, 5) is 1.01. The lowest BCUT2D eigenvalue weighted by atomic mass is 10.1. The van der Waals surface area contributed by atoms with Crippen LogP contribution in [0.25, 0.3) is 0 Å². The molecule has 0 aliphatic rings. The van der Waals surface area contributed by atoms with Crippen LogP contribution in [0.4, 0.5) is 17.6 Å².